The number of hydrazine groups is 1. The van der Waals surface area contributed by atoms with Crippen LogP contribution in [0, 0.1) is 5.41 Å². The molecule has 0 saturated carbocycles. The molecule has 0 aromatic heterocycles. The van der Waals surface area contributed by atoms with E-state index in [-0.39, 0.29) is 0 Å². The minimum Gasteiger partial charge on any atom is -0.481 e. The molecule has 0 fully saturated rings. The third-order valence-electron chi connectivity index (χ3n) is 4.63. The predicted octanol–water partition coefficient (Wildman–Crippen LogP) is 4.45. The van der Waals surface area contributed by atoms with Gasteiger partial charge in [-0.25, -0.2) is 5.43 Å². The minimum atomic E-state index is -0.805. The largest absolute Gasteiger partial charge is 0.481 e. The second-order valence-electron chi connectivity index (χ2n) is 7.62. The zero-order valence-corrected chi connectivity index (χ0v) is 17.4. The number of rotatable bonds is 10. The average molecular weight is 405 g/mol. The second-order valence-corrected chi connectivity index (χ2v) is 8.05. The lowest BCUT2D eigenvalue weighted by Gasteiger charge is -2.27. The molecule has 28 heavy (non-hydrogen) atoms. The van der Waals surface area contributed by atoms with Crippen molar-refractivity contribution in [3.63, 3.8) is 0 Å². The van der Waals surface area contributed by atoms with Crippen LogP contribution in [0.5, 0.6) is 0 Å². The molecule has 0 aliphatic carbocycles. The number of benzene rings is 2. The predicted molar refractivity (Wildman–Crippen MR) is 114 cm³/mol. The molecule has 2 rings (SSSR count). The number of aliphatic hydroxyl groups is 1. The van der Waals surface area contributed by atoms with E-state index in [1.807, 2.05) is 41.4 Å². The minimum absolute atomic E-state index is 0.355. The van der Waals surface area contributed by atoms with E-state index < -0.39 is 17.5 Å². The Bertz CT molecular complexity index is 778. The molecule has 0 heterocycles. The standard InChI is InChI=1S/C22H29ClN2O3/c1-4-12-25(24-15-20(26)17-6-5-7-18(23)13-17)19-10-8-16(9-11-19)14-22(2,3)21(27)28/h5-11,13,20,24,26H,4,12,14-15H2,1-3H3,(H,27,28)/t20-/m0/s1. The summed E-state index contributed by atoms with van der Waals surface area (Å²) in [5.74, 6) is -0.805. The number of anilines is 1. The van der Waals surface area contributed by atoms with Gasteiger partial charge in [0.1, 0.15) is 0 Å². The van der Waals surface area contributed by atoms with E-state index in [0.29, 0.717) is 18.0 Å². The average Bonchev–Trinajstić information content (AvgIpc) is 2.65. The molecule has 0 spiro atoms. The summed E-state index contributed by atoms with van der Waals surface area (Å²) >= 11 is 6.00. The number of hydrogen-bond acceptors (Lipinski definition) is 4. The van der Waals surface area contributed by atoms with E-state index in [2.05, 4.69) is 12.3 Å². The van der Waals surface area contributed by atoms with Crippen molar-refractivity contribution in [3.8, 4) is 0 Å². The van der Waals surface area contributed by atoms with Crippen LogP contribution in [-0.2, 0) is 11.2 Å². The number of hydrogen-bond donors (Lipinski definition) is 3. The third kappa shape index (κ3) is 6.23. The van der Waals surface area contributed by atoms with Gasteiger partial charge < -0.3 is 15.2 Å². The van der Waals surface area contributed by atoms with E-state index >= 15 is 0 Å². The van der Waals surface area contributed by atoms with Crippen LogP contribution < -0.4 is 10.4 Å². The number of aliphatic carboxylic acids is 1. The monoisotopic (exact) mass is 404 g/mol. The smallest absolute Gasteiger partial charge is 0.309 e. The summed E-state index contributed by atoms with van der Waals surface area (Å²) in [7, 11) is 0. The Kier molecular flexibility index (Phi) is 7.87. The van der Waals surface area contributed by atoms with E-state index in [4.69, 9.17) is 11.6 Å². The first-order chi connectivity index (χ1) is 13.2. The van der Waals surface area contributed by atoms with E-state index in [9.17, 15) is 15.0 Å². The normalized spacial score (nSPS) is 12.6. The van der Waals surface area contributed by atoms with Gasteiger partial charge >= 0.3 is 5.97 Å². The lowest BCUT2D eigenvalue weighted by molar-refractivity contribution is -0.146. The van der Waals surface area contributed by atoms with Crippen molar-refractivity contribution >= 4 is 23.3 Å². The molecule has 0 amide bonds. The SMILES string of the molecule is CCCN(NC[C@H](O)c1cccc(Cl)c1)c1ccc(CC(C)(C)C(=O)O)cc1. The fourth-order valence-corrected chi connectivity index (χ4v) is 3.13. The van der Waals surface area contributed by atoms with Crippen LogP contribution >= 0.6 is 11.6 Å². The van der Waals surface area contributed by atoms with Crippen LogP contribution in [-0.4, -0.2) is 29.3 Å². The maximum atomic E-state index is 11.3. The Hall–Kier alpha value is -2.08. The molecule has 2 aromatic rings. The molecule has 0 aliphatic heterocycles. The summed E-state index contributed by atoms with van der Waals surface area (Å²) in [5, 5.41) is 22.3. The van der Waals surface area contributed by atoms with Gasteiger partial charge in [-0.2, -0.15) is 0 Å². The van der Waals surface area contributed by atoms with Gasteiger partial charge in [0, 0.05) is 18.1 Å². The van der Waals surface area contributed by atoms with Gasteiger partial charge in [-0.05, 0) is 62.1 Å². The molecule has 5 nitrogen and oxygen atoms in total. The van der Waals surface area contributed by atoms with E-state index in [1.54, 1.807) is 26.0 Å². The Morgan fingerprint density at radius 1 is 1.21 bits per heavy atom. The Morgan fingerprint density at radius 3 is 2.46 bits per heavy atom. The zero-order chi connectivity index (χ0) is 20.7. The fraction of sp³-hybridized carbons (Fsp3) is 0.409. The van der Waals surface area contributed by atoms with Crippen molar-refractivity contribution in [2.75, 3.05) is 18.1 Å². The van der Waals surface area contributed by atoms with Crippen LogP contribution in [0.25, 0.3) is 0 Å². The molecule has 6 heteroatoms. The van der Waals surface area contributed by atoms with Crippen molar-refractivity contribution in [3.05, 3.63) is 64.7 Å². The van der Waals surface area contributed by atoms with E-state index in [1.165, 1.54) is 0 Å². The highest BCUT2D eigenvalue weighted by Gasteiger charge is 2.27. The maximum Gasteiger partial charge on any atom is 0.309 e. The van der Waals surface area contributed by atoms with Gasteiger partial charge in [-0.15, -0.1) is 0 Å². The van der Waals surface area contributed by atoms with Crippen LogP contribution in [0.3, 0.4) is 0 Å². The highest BCUT2D eigenvalue weighted by molar-refractivity contribution is 6.30. The van der Waals surface area contributed by atoms with Crippen LogP contribution in [0.2, 0.25) is 5.02 Å². The summed E-state index contributed by atoms with van der Waals surface area (Å²) in [6.07, 6.45) is 0.736. The van der Waals surface area contributed by atoms with Gasteiger partial charge in [0.2, 0.25) is 0 Å². The topological polar surface area (TPSA) is 72.8 Å². The van der Waals surface area contributed by atoms with Crippen LogP contribution in [0.4, 0.5) is 5.69 Å². The van der Waals surface area contributed by atoms with E-state index in [0.717, 1.165) is 29.8 Å². The van der Waals surface area contributed by atoms with Crippen molar-refractivity contribution in [1.29, 1.82) is 0 Å². The molecule has 0 saturated heterocycles. The molecule has 2 aromatic carbocycles. The molecule has 0 radical (unpaired) electrons. The van der Waals surface area contributed by atoms with Gasteiger partial charge in [-0.3, -0.25) is 4.79 Å². The van der Waals surface area contributed by atoms with Crippen LogP contribution in [0.1, 0.15) is 44.4 Å². The van der Waals surface area contributed by atoms with Gasteiger partial charge in [0.05, 0.1) is 17.2 Å². The van der Waals surface area contributed by atoms with Gasteiger partial charge in [0.15, 0.2) is 0 Å². The van der Waals surface area contributed by atoms with Crippen LogP contribution in [0.15, 0.2) is 48.5 Å². The molecule has 0 aliphatic rings. The summed E-state index contributed by atoms with van der Waals surface area (Å²) in [5.41, 5.74) is 5.20. The number of nitrogens with zero attached hydrogens (tertiary/aromatic N) is 1. The second kappa shape index (κ2) is 9.92. The summed E-state index contributed by atoms with van der Waals surface area (Å²) < 4.78 is 0. The molecular formula is C22H29ClN2O3. The lowest BCUT2D eigenvalue weighted by Crippen LogP contribution is -2.41. The van der Waals surface area contributed by atoms with Gasteiger partial charge in [0.25, 0.3) is 0 Å². The van der Waals surface area contributed by atoms with Crippen molar-refractivity contribution in [2.24, 2.45) is 5.41 Å². The highest BCUT2D eigenvalue weighted by atomic mass is 35.5. The fourth-order valence-electron chi connectivity index (χ4n) is 2.93. The number of carboxylic acids is 1. The first kappa shape index (κ1) is 22.2. The first-order valence-corrected chi connectivity index (χ1v) is 9.87. The Labute approximate surface area is 171 Å². The summed E-state index contributed by atoms with van der Waals surface area (Å²) in [6, 6.07) is 15.1. The first-order valence-electron chi connectivity index (χ1n) is 9.50. The molecular weight excluding hydrogens is 376 g/mol. The Morgan fingerprint density at radius 2 is 1.89 bits per heavy atom. The molecule has 1 atom stereocenters. The van der Waals surface area contributed by atoms with Gasteiger partial charge in [-0.1, -0.05) is 42.8 Å². The third-order valence-corrected chi connectivity index (χ3v) is 4.86. The van der Waals surface area contributed by atoms with Crippen molar-refractivity contribution in [1.82, 2.24) is 5.43 Å². The quantitative estimate of drug-likeness (QED) is 0.510. The maximum absolute atomic E-state index is 11.3. The number of aliphatic hydroxyl groups excluding tert-OH is 1. The summed E-state index contributed by atoms with van der Waals surface area (Å²) in [6.45, 7) is 6.68. The molecule has 152 valence electrons. The van der Waals surface area contributed by atoms with Crippen molar-refractivity contribution in [2.45, 2.75) is 39.7 Å². The van der Waals surface area contributed by atoms with Crippen molar-refractivity contribution < 1.29 is 15.0 Å². The molecule has 0 bridgehead atoms. The molecule has 0 unspecified atom stereocenters. The lowest BCUT2D eigenvalue weighted by atomic mass is 9.86. The number of carboxylic acid groups (broad SMARTS) is 1. The number of carbonyl (C=O) groups is 1. The number of halogens is 1. The zero-order valence-electron chi connectivity index (χ0n) is 16.7. The molecule has 3 N–H and O–H groups in total. The Balaban J connectivity index is 2.03. The number of nitrogens with one attached hydrogen (secondary N) is 1. The highest BCUT2D eigenvalue weighted by Crippen LogP contribution is 2.24. The summed E-state index contributed by atoms with van der Waals surface area (Å²) in [4.78, 5) is 11.3.